The van der Waals surface area contributed by atoms with Gasteiger partial charge in [0.2, 0.25) is 5.91 Å². The first-order chi connectivity index (χ1) is 23.4. The molecule has 1 amide bonds. The number of pyridine rings is 1. The van der Waals surface area contributed by atoms with E-state index in [0.717, 1.165) is 11.6 Å². The Balaban J connectivity index is 1.40. The monoisotopic (exact) mass is 723 g/mol. The lowest BCUT2D eigenvalue weighted by molar-refractivity contribution is -0.119. The molecule has 1 aliphatic heterocycles. The van der Waals surface area contributed by atoms with Crippen LogP contribution in [-0.4, -0.2) is 59.9 Å². The SMILES string of the molecule is C[C@@H]1CCC[C@H](n2cnc(-c3c(-n4cc(Cl)nn4)ccc(Cl)c3F)cc2=O)c2cc(ccn2)-c2c(cnn2COCC[Si](C)(C)C)NC1=O. The molecule has 0 unspecified atom stereocenters. The minimum absolute atomic E-state index is 0.0233. The van der Waals surface area contributed by atoms with Gasteiger partial charge < -0.3 is 10.1 Å². The van der Waals surface area contributed by atoms with Crippen LogP contribution in [0.15, 0.2) is 60.0 Å². The number of rotatable bonds is 8. The number of halogens is 3. The first-order valence-corrected chi connectivity index (χ1v) is 20.4. The van der Waals surface area contributed by atoms with Gasteiger partial charge in [-0.3, -0.25) is 19.1 Å². The van der Waals surface area contributed by atoms with Gasteiger partial charge in [0.05, 0.1) is 63.8 Å². The number of carbonyl (C=O) groups is 1. The summed E-state index contributed by atoms with van der Waals surface area (Å²) in [4.78, 5) is 36.3. The summed E-state index contributed by atoms with van der Waals surface area (Å²) in [7, 11) is -1.29. The van der Waals surface area contributed by atoms with E-state index in [1.165, 1.54) is 33.9 Å². The van der Waals surface area contributed by atoms with Gasteiger partial charge in [0.25, 0.3) is 5.56 Å². The van der Waals surface area contributed by atoms with Gasteiger partial charge in [0, 0.05) is 38.4 Å². The lowest BCUT2D eigenvalue weighted by Gasteiger charge is -2.22. The van der Waals surface area contributed by atoms with Gasteiger partial charge in [-0.15, -0.1) is 5.10 Å². The Morgan fingerprint density at radius 3 is 2.65 bits per heavy atom. The quantitative estimate of drug-likeness (QED) is 0.136. The van der Waals surface area contributed by atoms with E-state index in [4.69, 9.17) is 27.9 Å². The normalized spacial score (nSPS) is 16.8. The Labute approximate surface area is 293 Å². The minimum atomic E-state index is -1.29. The van der Waals surface area contributed by atoms with E-state index in [2.05, 4.69) is 50.3 Å². The van der Waals surface area contributed by atoms with Crippen LogP contribution in [0.3, 0.4) is 0 Å². The predicted molar refractivity (Wildman–Crippen MR) is 188 cm³/mol. The van der Waals surface area contributed by atoms with Crippen LogP contribution in [0.1, 0.15) is 37.9 Å². The molecular formula is C33H36Cl2FN9O3Si. The molecule has 4 aromatic heterocycles. The molecule has 256 valence electrons. The van der Waals surface area contributed by atoms with E-state index in [1.807, 2.05) is 19.1 Å². The minimum Gasteiger partial charge on any atom is -0.360 e. The molecule has 0 spiro atoms. The van der Waals surface area contributed by atoms with Gasteiger partial charge in [-0.2, -0.15) is 5.10 Å². The number of aromatic nitrogens is 8. The van der Waals surface area contributed by atoms with Crippen LogP contribution in [0.25, 0.3) is 28.2 Å². The zero-order chi connectivity index (χ0) is 34.9. The number of anilines is 1. The Morgan fingerprint density at radius 2 is 1.92 bits per heavy atom. The number of ether oxygens (including phenoxy) is 1. The average molecular weight is 725 g/mol. The number of amides is 1. The van der Waals surface area contributed by atoms with E-state index in [1.54, 1.807) is 23.1 Å². The Morgan fingerprint density at radius 1 is 1.10 bits per heavy atom. The summed E-state index contributed by atoms with van der Waals surface area (Å²) in [6.07, 6.45) is 7.80. The van der Waals surface area contributed by atoms with Gasteiger partial charge in [-0.25, -0.2) is 18.7 Å². The molecule has 2 bridgehead atoms. The van der Waals surface area contributed by atoms with E-state index in [9.17, 15) is 9.59 Å². The zero-order valence-corrected chi connectivity index (χ0v) is 30.0. The molecule has 0 radical (unpaired) electrons. The number of nitrogens with zero attached hydrogens (tertiary/aromatic N) is 8. The molecule has 5 heterocycles. The molecule has 6 rings (SSSR count). The highest BCUT2D eigenvalue weighted by Gasteiger charge is 2.26. The second-order valence-electron chi connectivity index (χ2n) is 13.3. The van der Waals surface area contributed by atoms with Crippen molar-refractivity contribution in [2.75, 3.05) is 11.9 Å². The first kappa shape index (κ1) is 34.6. The van der Waals surface area contributed by atoms with Crippen molar-refractivity contribution < 1.29 is 13.9 Å². The molecule has 1 aromatic carbocycles. The summed E-state index contributed by atoms with van der Waals surface area (Å²) < 4.78 is 26.1. The zero-order valence-electron chi connectivity index (χ0n) is 27.5. The fourth-order valence-electron chi connectivity index (χ4n) is 5.74. The second kappa shape index (κ2) is 14.3. The molecule has 0 aliphatic carbocycles. The third kappa shape index (κ3) is 7.67. The highest BCUT2D eigenvalue weighted by molar-refractivity contribution is 6.76. The molecule has 12 nitrogen and oxygen atoms in total. The highest BCUT2D eigenvalue weighted by atomic mass is 35.5. The summed E-state index contributed by atoms with van der Waals surface area (Å²) in [5.74, 6) is -1.19. The maximum Gasteiger partial charge on any atom is 0.254 e. The number of nitrogens with one attached hydrogen (secondary N) is 1. The van der Waals surface area contributed by atoms with Crippen molar-refractivity contribution in [1.29, 1.82) is 0 Å². The smallest absolute Gasteiger partial charge is 0.254 e. The summed E-state index contributed by atoms with van der Waals surface area (Å²) in [6.45, 7) is 9.57. The lowest BCUT2D eigenvalue weighted by atomic mass is 9.97. The summed E-state index contributed by atoms with van der Waals surface area (Å²) in [5.41, 5.74) is 2.48. The van der Waals surface area contributed by atoms with Crippen LogP contribution < -0.4 is 10.9 Å². The molecule has 0 fully saturated rings. The molecule has 0 saturated heterocycles. The fourth-order valence-corrected chi connectivity index (χ4v) is 6.78. The van der Waals surface area contributed by atoms with Crippen molar-refractivity contribution in [3.63, 3.8) is 0 Å². The first-order valence-electron chi connectivity index (χ1n) is 15.9. The standard InChI is InChI=1S/C33H36Cl2FN9O3Si/c1-20-6-5-7-26(43-18-38-24(15-29(43)46)30-27(9-8-22(34)31(30)36)44-17-28(35)41-42-44)23-14-21(10-11-37-23)32-25(40-33(20)47)16-39-45(32)19-48-12-13-49(2,3)4/h8-11,14-18,20,26H,5-7,12-13,19H2,1-4H3,(H,40,47)/t20-,26+/m1/s1. The number of fused-ring (bicyclic) bond motifs is 4. The molecule has 1 N–H and O–H groups in total. The van der Waals surface area contributed by atoms with E-state index >= 15 is 4.39 Å². The Hall–Kier alpha value is -4.24. The number of benzene rings is 1. The van der Waals surface area contributed by atoms with Gasteiger partial charge >= 0.3 is 0 Å². The van der Waals surface area contributed by atoms with Gasteiger partial charge in [0.15, 0.2) is 11.0 Å². The van der Waals surface area contributed by atoms with Crippen molar-refractivity contribution >= 4 is 42.9 Å². The second-order valence-corrected chi connectivity index (χ2v) is 19.7. The molecular weight excluding hydrogens is 688 g/mol. The Bertz CT molecular complexity index is 2060. The summed E-state index contributed by atoms with van der Waals surface area (Å²) in [5, 5.41) is 15.3. The Kier molecular flexibility index (Phi) is 10.1. The maximum atomic E-state index is 15.5. The van der Waals surface area contributed by atoms with Crippen molar-refractivity contribution in [3.05, 3.63) is 87.3 Å². The highest BCUT2D eigenvalue weighted by Crippen LogP contribution is 2.35. The molecule has 1 aliphatic rings. The van der Waals surface area contributed by atoms with Crippen molar-refractivity contribution in [2.45, 2.75) is 64.6 Å². The van der Waals surface area contributed by atoms with Crippen LogP contribution in [0.4, 0.5) is 10.1 Å². The van der Waals surface area contributed by atoms with E-state index < -0.39 is 25.5 Å². The average Bonchev–Trinajstić information content (AvgIpc) is 3.67. The van der Waals surface area contributed by atoms with E-state index in [0.29, 0.717) is 42.9 Å². The van der Waals surface area contributed by atoms with Crippen molar-refractivity contribution in [1.82, 2.24) is 39.3 Å². The number of carbonyl (C=O) groups excluding carboxylic acids is 1. The van der Waals surface area contributed by atoms with Gasteiger partial charge in [-0.1, -0.05) is 61.4 Å². The molecule has 49 heavy (non-hydrogen) atoms. The molecule has 0 saturated carbocycles. The van der Waals surface area contributed by atoms with Crippen LogP contribution in [0.2, 0.25) is 35.9 Å². The topological polar surface area (TPSA) is 135 Å². The predicted octanol–water partition coefficient (Wildman–Crippen LogP) is 6.86. The summed E-state index contributed by atoms with van der Waals surface area (Å²) in [6, 6.07) is 8.40. The maximum absolute atomic E-state index is 15.5. The van der Waals surface area contributed by atoms with Crippen LogP contribution in [-0.2, 0) is 16.3 Å². The van der Waals surface area contributed by atoms with Crippen LogP contribution in [0, 0.1) is 11.7 Å². The third-order valence-corrected chi connectivity index (χ3v) is 10.6. The lowest BCUT2D eigenvalue weighted by Crippen LogP contribution is -2.27. The van der Waals surface area contributed by atoms with Gasteiger partial charge in [-0.05, 0) is 43.2 Å². The number of hydrogen-bond donors (Lipinski definition) is 1. The molecule has 2 atom stereocenters. The van der Waals surface area contributed by atoms with Crippen molar-refractivity contribution in [3.8, 4) is 28.2 Å². The third-order valence-electron chi connectivity index (χ3n) is 8.48. The summed E-state index contributed by atoms with van der Waals surface area (Å²) >= 11 is 12.1. The van der Waals surface area contributed by atoms with Crippen LogP contribution in [0.5, 0.6) is 0 Å². The number of hydrogen-bond acceptors (Lipinski definition) is 8. The molecule has 5 aromatic rings. The van der Waals surface area contributed by atoms with E-state index in [-0.39, 0.29) is 45.7 Å². The largest absolute Gasteiger partial charge is 0.360 e. The fraction of sp³-hybridized carbons (Fsp3) is 0.364. The van der Waals surface area contributed by atoms with Crippen LogP contribution >= 0.6 is 23.2 Å². The molecule has 16 heteroatoms. The van der Waals surface area contributed by atoms with Gasteiger partial charge in [0.1, 0.15) is 6.73 Å². The van der Waals surface area contributed by atoms with Crippen molar-refractivity contribution in [2.24, 2.45) is 5.92 Å².